The second-order valence-corrected chi connectivity index (χ2v) is 5.40. The molecule has 0 radical (unpaired) electrons. The Morgan fingerprint density at radius 3 is 2.78 bits per heavy atom. The first-order valence-corrected chi connectivity index (χ1v) is 6.67. The van der Waals surface area contributed by atoms with E-state index < -0.39 is 0 Å². The predicted molar refractivity (Wildman–Crippen MR) is 76.9 cm³/mol. The Morgan fingerprint density at radius 1 is 1.28 bits per heavy atom. The number of benzene rings is 1. The fourth-order valence-corrected chi connectivity index (χ4v) is 2.66. The zero-order valence-electron chi connectivity index (χ0n) is 10.4. The molecule has 0 saturated heterocycles. The maximum Gasteiger partial charge on any atom is 0.122 e. The van der Waals surface area contributed by atoms with Crippen LogP contribution < -0.4 is 5.73 Å². The number of thiophene rings is 1. The third-order valence-electron chi connectivity index (χ3n) is 2.70. The lowest BCUT2D eigenvalue weighted by atomic mass is 10.1. The Bertz CT molecular complexity index is 520. The minimum Gasteiger partial charge on any atom is -0.384 e. The lowest BCUT2D eigenvalue weighted by Crippen LogP contribution is -2.17. The first-order chi connectivity index (χ1) is 8.65. The standard InChI is InChI=1S/C14H17N3S/c1-17(10-13-6-3-7-18-13)9-11-4-2-5-12(8-11)14(15)16/h2-8H,9-10H2,1H3,(H3,15,16). The summed E-state index contributed by atoms with van der Waals surface area (Å²) in [5, 5.41) is 9.54. The normalized spacial score (nSPS) is 10.8. The molecule has 2 rings (SSSR count). The highest BCUT2D eigenvalue weighted by atomic mass is 32.1. The lowest BCUT2D eigenvalue weighted by molar-refractivity contribution is 0.322. The summed E-state index contributed by atoms with van der Waals surface area (Å²) in [6.07, 6.45) is 0. The van der Waals surface area contributed by atoms with Crippen molar-refractivity contribution in [2.45, 2.75) is 13.1 Å². The van der Waals surface area contributed by atoms with Crippen LogP contribution in [-0.2, 0) is 13.1 Å². The smallest absolute Gasteiger partial charge is 0.122 e. The second-order valence-electron chi connectivity index (χ2n) is 4.37. The van der Waals surface area contributed by atoms with E-state index in [1.165, 1.54) is 10.4 Å². The molecule has 0 bridgehead atoms. The number of nitrogens with two attached hydrogens (primary N) is 1. The van der Waals surface area contributed by atoms with Gasteiger partial charge in [0.15, 0.2) is 0 Å². The molecule has 3 nitrogen and oxygen atoms in total. The predicted octanol–water partition coefficient (Wildman–Crippen LogP) is 2.66. The largest absolute Gasteiger partial charge is 0.384 e. The molecule has 0 atom stereocenters. The molecular weight excluding hydrogens is 242 g/mol. The van der Waals surface area contributed by atoms with E-state index in [1.807, 2.05) is 18.2 Å². The third-order valence-corrected chi connectivity index (χ3v) is 3.56. The van der Waals surface area contributed by atoms with E-state index in [9.17, 15) is 0 Å². The molecule has 1 aromatic carbocycles. The van der Waals surface area contributed by atoms with Gasteiger partial charge in [0.25, 0.3) is 0 Å². The number of amidine groups is 1. The van der Waals surface area contributed by atoms with E-state index in [0.29, 0.717) is 0 Å². The molecule has 0 aliphatic heterocycles. The van der Waals surface area contributed by atoms with E-state index in [1.54, 1.807) is 11.3 Å². The van der Waals surface area contributed by atoms with E-state index in [4.69, 9.17) is 11.1 Å². The summed E-state index contributed by atoms with van der Waals surface area (Å²) in [6.45, 7) is 1.81. The van der Waals surface area contributed by atoms with Gasteiger partial charge in [-0.05, 0) is 30.1 Å². The molecule has 3 N–H and O–H groups in total. The van der Waals surface area contributed by atoms with Gasteiger partial charge in [-0.25, -0.2) is 0 Å². The molecule has 2 aromatic rings. The molecule has 0 fully saturated rings. The number of hydrogen-bond donors (Lipinski definition) is 2. The van der Waals surface area contributed by atoms with Crippen molar-refractivity contribution in [2.75, 3.05) is 7.05 Å². The molecule has 0 unspecified atom stereocenters. The Morgan fingerprint density at radius 2 is 2.11 bits per heavy atom. The number of nitrogen functional groups attached to an aromatic ring is 1. The van der Waals surface area contributed by atoms with Crippen LogP contribution in [-0.4, -0.2) is 17.8 Å². The molecule has 1 aromatic heterocycles. The van der Waals surface area contributed by atoms with Gasteiger partial charge in [-0.3, -0.25) is 10.3 Å². The van der Waals surface area contributed by atoms with Gasteiger partial charge in [0.05, 0.1) is 0 Å². The summed E-state index contributed by atoms with van der Waals surface area (Å²) >= 11 is 1.77. The van der Waals surface area contributed by atoms with Gasteiger partial charge >= 0.3 is 0 Å². The fraction of sp³-hybridized carbons (Fsp3) is 0.214. The molecular formula is C14H17N3S. The summed E-state index contributed by atoms with van der Waals surface area (Å²) in [7, 11) is 2.10. The molecule has 1 heterocycles. The van der Waals surface area contributed by atoms with E-state index >= 15 is 0 Å². The van der Waals surface area contributed by atoms with Crippen LogP contribution in [0.15, 0.2) is 41.8 Å². The Balaban J connectivity index is 2.00. The van der Waals surface area contributed by atoms with Gasteiger partial charge in [0.1, 0.15) is 5.84 Å². The first-order valence-electron chi connectivity index (χ1n) is 5.79. The molecule has 0 aliphatic carbocycles. The summed E-state index contributed by atoms with van der Waals surface area (Å²) in [5.74, 6) is 0.123. The summed E-state index contributed by atoms with van der Waals surface area (Å²) in [5.41, 5.74) is 7.47. The third kappa shape index (κ3) is 3.42. The van der Waals surface area contributed by atoms with Crippen LogP contribution >= 0.6 is 11.3 Å². The molecule has 0 saturated carbocycles. The quantitative estimate of drug-likeness (QED) is 0.640. The highest BCUT2D eigenvalue weighted by Crippen LogP contribution is 2.13. The van der Waals surface area contributed by atoms with Crippen molar-refractivity contribution >= 4 is 17.2 Å². The molecule has 0 aliphatic rings. The van der Waals surface area contributed by atoms with Crippen molar-refractivity contribution in [2.24, 2.45) is 5.73 Å². The highest BCUT2D eigenvalue weighted by molar-refractivity contribution is 7.09. The zero-order chi connectivity index (χ0) is 13.0. The number of hydrogen-bond acceptors (Lipinski definition) is 3. The van der Waals surface area contributed by atoms with Gasteiger partial charge in [0.2, 0.25) is 0 Å². The van der Waals surface area contributed by atoms with Crippen LogP contribution in [0.3, 0.4) is 0 Å². The van der Waals surface area contributed by atoms with Gasteiger partial charge in [-0.2, -0.15) is 0 Å². The lowest BCUT2D eigenvalue weighted by Gasteiger charge is -2.16. The monoisotopic (exact) mass is 259 g/mol. The number of nitrogens with one attached hydrogen (secondary N) is 1. The van der Waals surface area contributed by atoms with E-state index in [0.717, 1.165) is 18.7 Å². The molecule has 0 amide bonds. The van der Waals surface area contributed by atoms with Crippen molar-refractivity contribution in [1.82, 2.24) is 4.90 Å². The maximum absolute atomic E-state index is 7.44. The van der Waals surface area contributed by atoms with Crippen molar-refractivity contribution < 1.29 is 0 Å². The van der Waals surface area contributed by atoms with Crippen molar-refractivity contribution in [3.8, 4) is 0 Å². The minimum absolute atomic E-state index is 0.123. The van der Waals surface area contributed by atoms with Gasteiger partial charge in [-0.1, -0.05) is 24.3 Å². The highest BCUT2D eigenvalue weighted by Gasteiger charge is 2.04. The minimum atomic E-state index is 0.123. The summed E-state index contributed by atoms with van der Waals surface area (Å²) in [4.78, 5) is 3.62. The van der Waals surface area contributed by atoms with Crippen molar-refractivity contribution in [1.29, 1.82) is 5.41 Å². The summed E-state index contributed by atoms with van der Waals surface area (Å²) in [6, 6.07) is 12.1. The van der Waals surface area contributed by atoms with E-state index in [2.05, 4.69) is 35.5 Å². The molecule has 0 spiro atoms. The Labute approximate surface area is 111 Å². The Hall–Kier alpha value is -1.65. The van der Waals surface area contributed by atoms with E-state index in [-0.39, 0.29) is 5.84 Å². The summed E-state index contributed by atoms with van der Waals surface area (Å²) < 4.78 is 0. The van der Waals surface area contributed by atoms with Crippen LogP contribution in [0.1, 0.15) is 16.0 Å². The zero-order valence-corrected chi connectivity index (χ0v) is 11.2. The van der Waals surface area contributed by atoms with Gasteiger partial charge in [0, 0.05) is 23.5 Å². The number of rotatable bonds is 5. The van der Waals surface area contributed by atoms with Gasteiger partial charge in [-0.15, -0.1) is 11.3 Å². The average Bonchev–Trinajstić information content (AvgIpc) is 2.82. The van der Waals surface area contributed by atoms with Crippen LogP contribution in [0.2, 0.25) is 0 Å². The molecule has 4 heteroatoms. The molecule has 94 valence electrons. The first kappa shape index (κ1) is 12.8. The van der Waals surface area contributed by atoms with Crippen LogP contribution in [0.4, 0.5) is 0 Å². The second kappa shape index (κ2) is 5.80. The van der Waals surface area contributed by atoms with Crippen LogP contribution in [0.5, 0.6) is 0 Å². The topological polar surface area (TPSA) is 53.1 Å². The molecule has 18 heavy (non-hydrogen) atoms. The average molecular weight is 259 g/mol. The SMILES string of the molecule is CN(Cc1cccc(C(=N)N)c1)Cc1cccs1. The fourth-order valence-electron chi connectivity index (χ4n) is 1.87. The van der Waals surface area contributed by atoms with Crippen LogP contribution in [0, 0.1) is 5.41 Å². The van der Waals surface area contributed by atoms with Crippen LogP contribution in [0.25, 0.3) is 0 Å². The van der Waals surface area contributed by atoms with Crippen molar-refractivity contribution in [3.63, 3.8) is 0 Å². The number of nitrogens with zero attached hydrogens (tertiary/aromatic N) is 1. The van der Waals surface area contributed by atoms with Gasteiger partial charge < -0.3 is 5.73 Å². The Kier molecular flexibility index (Phi) is 4.12. The van der Waals surface area contributed by atoms with Crippen molar-refractivity contribution in [3.05, 3.63) is 57.8 Å². The maximum atomic E-state index is 7.44.